The van der Waals surface area contributed by atoms with Gasteiger partial charge in [0.15, 0.2) is 0 Å². The maximum absolute atomic E-state index is 12.7. The van der Waals surface area contributed by atoms with Gasteiger partial charge in [0, 0.05) is 15.8 Å². The minimum absolute atomic E-state index is 0.0376. The van der Waals surface area contributed by atoms with Crippen LogP contribution in [0.25, 0.3) is 0 Å². The Balaban J connectivity index is 1.67. The monoisotopic (exact) mass is 367 g/mol. The summed E-state index contributed by atoms with van der Waals surface area (Å²) in [4.78, 5) is 14.0. The highest BCUT2D eigenvalue weighted by atomic mass is 79.9. The zero-order chi connectivity index (χ0) is 14.9. The average Bonchev–Trinajstić information content (AvgIpc) is 2.91. The fraction of sp³-hybridized carbons (Fsp3) is 0.588. The molecule has 1 aromatic rings. The predicted molar refractivity (Wildman–Crippen MR) is 92.1 cm³/mol. The molecule has 1 aromatic carbocycles. The molecule has 0 spiro atoms. The summed E-state index contributed by atoms with van der Waals surface area (Å²) in [6, 6.07) is 8.37. The van der Waals surface area contributed by atoms with Gasteiger partial charge in [-0.3, -0.25) is 4.79 Å². The maximum Gasteiger partial charge on any atom is 0.234 e. The lowest BCUT2D eigenvalue weighted by molar-refractivity contribution is -0.122. The van der Waals surface area contributed by atoms with Crippen molar-refractivity contribution >= 4 is 33.6 Å². The van der Waals surface area contributed by atoms with E-state index in [0.29, 0.717) is 5.92 Å². The van der Waals surface area contributed by atoms with E-state index < -0.39 is 0 Å². The summed E-state index contributed by atoms with van der Waals surface area (Å²) < 4.78 is 0. The minimum atomic E-state index is -0.0376. The van der Waals surface area contributed by atoms with Crippen molar-refractivity contribution in [2.45, 2.75) is 54.7 Å². The van der Waals surface area contributed by atoms with Crippen LogP contribution in [0.1, 0.15) is 38.2 Å². The third-order valence-electron chi connectivity index (χ3n) is 4.68. The molecule has 0 aromatic heterocycles. The first-order chi connectivity index (χ1) is 10.1. The lowest BCUT2D eigenvalue weighted by atomic mass is 9.77. The number of hydrogen-bond acceptors (Lipinski definition) is 2. The quantitative estimate of drug-likeness (QED) is 0.812. The van der Waals surface area contributed by atoms with Crippen LogP contribution in [-0.4, -0.2) is 22.0 Å². The van der Waals surface area contributed by atoms with Crippen molar-refractivity contribution in [1.82, 2.24) is 5.32 Å². The molecular formula is C17H22BrNOS. The number of amides is 1. The number of benzene rings is 1. The molecule has 3 unspecified atom stereocenters. The van der Waals surface area contributed by atoms with Crippen LogP contribution in [0.2, 0.25) is 0 Å². The van der Waals surface area contributed by atoms with Crippen LogP contribution in [0.3, 0.4) is 0 Å². The van der Waals surface area contributed by atoms with E-state index in [-0.39, 0.29) is 16.7 Å². The number of alkyl halides is 1. The van der Waals surface area contributed by atoms with Crippen LogP contribution in [0, 0.1) is 5.92 Å². The number of nitrogens with one attached hydrogen (secondary N) is 1. The summed E-state index contributed by atoms with van der Waals surface area (Å²) in [5.41, 5.74) is 1.27. The van der Waals surface area contributed by atoms with Crippen LogP contribution in [0.4, 0.5) is 0 Å². The number of rotatable bonds is 3. The number of carbonyl (C=O) groups is 1. The molecule has 1 aliphatic heterocycles. The van der Waals surface area contributed by atoms with Gasteiger partial charge in [-0.1, -0.05) is 53.9 Å². The molecule has 4 heteroatoms. The van der Waals surface area contributed by atoms with Crippen molar-refractivity contribution < 1.29 is 4.79 Å². The fourth-order valence-electron chi connectivity index (χ4n) is 3.60. The summed E-state index contributed by atoms with van der Waals surface area (Å²) in [6.07, 6.45) is 5.55. The first-order valence-electron chi connectivity index (χ1n) is 7.74. The van der Waals surface area contributed by atoms with Gasteiger partial charge in [-0.25, -0.2) is 0 Å². The summed E-state index contributed by atoms with van der Waals surface area (Å²) in [6.45, 7) is 2.29. The molecule has 1 N–H and O–H groups in total. The van der Waals surface area contributed by atoms with Crippen molar-refractivity contribution in [3.05, 3.63) is 29.8 Å². The van der Waals surface area contributed by atoms with Gasteiger partial charge in [0.25, 0.3) is 0 Å². The molecule has 3 rings (SSSR count). The highest BCUT2D eigenvalue weighted by molar-refractivity contribution is 9.09. The molecule has 3 atom stereocenters. The van der Waals surface area contributed by atoms with Crippen molar-refractivity contribution in [2.75, 3.05) is 5.33 Å². The largest absolute Gasteiger partial charge is 0.349 e. The molecule has 0 radical (unpaired) electrons. The number of hydrogen-bond donors (Lipinski definition) is 1. The van der Waals surface area contributed by atoms with Crippen molar-refractivity contribution in [3.8, 4) is 0 Å². The number of carbonyl (C=O) groups excluding carboxylic acids is 1. The van der Waals surface area contributed by atoms with Gasteiger partial charge < -0.3 is 5.32 Å². The summed E-state index contributed by atoms with van der Waals surface area (Å²) in [5.74, 6) is 0.912. The number of halogens is 1. The van der Waals surface area contributed by atoms with E-state index in [1.165, 1.54) is 23.3 Å². The van der Waals surface area contributed by atoms with Crippen molar-refractivity contribution in [3.63, 3.8) is 0 Å². The van der Waals surface area contributed by atoms with Crippen LogP contribution in [-0.2, 0) is 11.2 Å². The standard InChI is InChI=1S/C17H22BrNOS/c1-12-5-4-8-17(10-12,11-18)19-16(20)15-9-13-6-2-3-7-14(13)21-15/h2-3,6-7,12,15H,4-5,8-11H2,1H3,(H,19,20). The number of fused-ring (bicyclic) bond motifs is 1. The first-order valence-corrected chi connectivity index (χ1v) is 9.74. The van der Waals surface area contributed by atoms with Gasteiger partial charge in [-0.05, 0) is 36.8 Å². The van der Waals surface area contributed by atoms with E-state index in [0.717, 1.165) is 24.6 Å². The molecule has 2 nitrogen and oxygen atoms in total. The van der Waals surface area contributed by atoms with Crippen molar-refractivity contribution in [2.24, 2.45) is 5.92 Å². The Morgan fingerprint density at radius 1 is 1.48 bits per heavy atom. The molecule has 0 bridgehead atoms. The molecule has 1 amide bonds. The Hall–Kier alpha value is -0.480. The van der Waals surface area contributed by atoms with E-state index in [9.17, 15) is 4.79 Å². The third-order valence-corrected chi connectivity index (χ3v) is 7.07. The topological polar surface area (TPSA) is 29.1 Å². The van der Waals surface area contributed by atoms with Crippen LogP contribution >= 0.6 is 27.7 Å². The molecule has 1 heterocycles. The van der Waals surface area contributed by atoms with Crippen LogP contribution < -0.4 is 5.32 Å². The second kappa shape index (κ2) is 6.33. The van der Waals surface area contributed by atoms with Crippen molar-refractivity contribution in [1.29, 1.82) is 0 Å². The van der Waals surface area contributed by atoms with Gasteiger partial charge in [0.05, 0.1) is 5.25 Å². The average molecular weight is 368 g/mol. The van der Waals surface area contributed by atoms with E-state index in [2.05, 4.69) is 52.4 Å². The summed E-state index contributed by atoms with van der Waals surface area (Å²) in [7, 11) is 0. The predicted octanol–water partition coefficient (Wildman–Crippen LogP) is 4.16. The van der Waals surface area contributed by atoms with E-state index in [1.54, 1.807) is 11.8 Å². The molecule has 114 valence electrons. The van der Waals surface area contributed by atoms with Gasteiger partial charge in [-0.15, -0.1) is 11.8 Å². The molecule has 0 saturated heterocycles. The third kappa shape index (κ3) is 3.31. The van der Waals surface area contributed by atoms with E-state index in [4.69, 9.17) is 0 Å². The maximum atomic E-state index is 12.7. The second-order valence-electron chi connectivity index (χ2n) is 6.52. The second-order valence-corrected chi connectivity index (χ2v) is 8.33. The van der Waals surface area contributed by atoms with E-state index >= 15 is 0 Å². The lowest BCUT2D eigenvalue weighted by Crippen LogP contribution is -2.54. The van der Waals surface area contributed by atoms with Gasteiger partial charge >= 0.3 is 0 Å². The van der Waals surface area contributed by atoms with Gasteiger partial charge in [-0.2, -0.15) is 0 Å². The molecule has 1 saturated carbocycles. The molecular weight excluding hydrogens is 346 g/mol. The van der Waals surface area contributed by atoms with Crippen LogP contribution in [0.5, 0.6) is 0 Å². The smallest absolute Gasteiger partial charge is 0.234 e. The Labute approximate surface area is 139 Å². The Morgan fingerprint density at radius 2 is 2.29 bits per heavy atom. The minimum Gasteiger partial charge on any atom is -0.349 e. The Morgan fingerprint density at radius 3 is 3.00 bits per heavy atom. The lowest BCUT2D eigenvalue weighted by Gasteiger charge is -2.40. The summed E-state index contributed by atoms with van der Waals surface area (Å²) in [5, 5.41) is 4.28. The normalized spacial score (nSPS) is 31.7. The molecule has 2 aliphatic rings. The first kappa shape index (κ1) is 15.4. The summed E-state index contributed by atoms with van der Waals surface area (Å²) >= 11 is 5.35. The highest BCUT2D eigenvalue weighted by Gasteiger charge is 2.38. The zero-order valence-corrected chi connectivity index (χ0v) is 14.8. The fourth-order valence-corrected chi connectivity index (χ4v) is 5.44. The zero-order valence-electron chi connectivity index (χ0n) is 12.4. The SMILES string of the molecule is CC1CCCC(CBr)(NC(=O)C2Cc3ccccc3S2)C1. The molecule has 1 fully saturated rings. The van der Waals surface area contributed by atoms with Gasteiger partial charge in [0.1, 0.15) is 0 Å². The van der Waals surface area contributed by atoms with Crippen LogP contribution in [0.15, 0.2) is 29.2 Å². The number of thioether (sulfide) groups is 1. The molecule has 21 heavy (non-hydrogen) atoms. The van der Waals surface area contributed by atoms with E-state index in [1.807, 2.05) is 0 Å². The highest BCUT2D eigenvalue weighted by Crippen LogP contribution is 2.38. The molecule has 1 aliphatic carbocycles. The Kier molecular flexibility index (Phi) is 4.65. The Bertz CT molecular complexity index is 510. The van der Waals surface area contributed by atoms with Gasteiger partial charge in [0.2, 0.25) is 5.91 Å².